The number of amides is 2. The molecule has 1 N–H and O–H groups in total. The Bertz CT molecular complexity index is 749. The number of halogens is 2. The van der Waals surface area contributed by atoms with Gasteiger partial charge in [-0.2, -0.15) is 0 Å². The van der Waals surface area contributed by atoms with E-state index in [0.717, 1.165) is 8.66 Å². The van der Waals surface area contributed by atoms with E-state index >= 15 is 0 Å². The van der Waals surface area contributed by atoms with Crippen LogP contribution in [0.4, 0.5) is 5.69 Å². The topological polar surface area (TPSA) is 49.4 Å². The van der Waals surface area contributed by atoms with Gasteiger partial charge in [0.1, 0.15) is 0 Å². The Kier molecular flexibility index (Phi) is 5.04. The molecule has 0 spiro atoms. The molecule has 1 aromatic carbocycles. The average Bonchev–Trinajstić information content (AvgIpc) is 3.11. The van der Waals surface area contributed by atoms with E-state index in [1.807, 2.05) is 24.3 Å². The standard InChI is InChI=1S/C16H14BrClN2O2S/c17-14-6-5-11(23-14)8-19-16(22)10-7-15(21)20(9-10)13-4-2-1-3-12(13)18/h1-6,10H,7-9H2,(H,19,22). The Morgan fingerprint density at radius 2 is 2.13 bits per heavy atom. The smallest absolute Gasteiger partial charge is 0.227 e. The lowest BCUT2D eigenvalue weighted by atomic mass is 10.1. The van der Waals surface area contributed by atoms with Crippen LogP contribution in [0.1, 0.15) is 11.3 Å². The summed E-state index contributed by atoms with van der Waals surface area (Å²) < 4.78 is 1.03. The molecule has 4 nitrogen and oxygen atoms in total. The minimum Gasteiger partial charge on any atom is -0.351 e. The normalized spacial score (nSPS) is 17.6. The number of benzene rings is 1. The van der Waals surface area contributed by atoms with E-state index in [1.54, 1.807) is 28.4 Å². The van der Waals surface area contributed by atoms with Crippen LogP contribution in [0.25, 0.3) is 0 Å². The summed E-state index contributed by atoms with van der Waals surface area (Å²) in [6.45, 7) is 0.842. The number of nitrogens with zero attached hydrogens (tertiary/aromatic N) is 1. The third-order valence-electron chi connectivity index (χ3n) is 3.70. The zero-order valence-corrected chi connectivity index (χ0v) is 15.2. The molecule has 1 aromatic heterocycles. The van der Waals surface area contributed by atoms with Crippen LogP contribution in [0.5, 0.6) is 0 Å². The van der Waals surface area contributed by atoms with Crippen LogP contribution in [0.3, 0.4) is 0 Å². The second-order valence-electron chi connectivity index (χ2n) is 5.28. The summed E-state index contributed by atoms with van der Waals surface area (Å²) in [4.78, 5) is 27.2. The van der Waals surface area contributed by atoms with Gasteiger partial charge in [-0.15, -0.1) is 11.3 Å². The monoisotopic (exact) mass is 412 g/mol. The maximum Gasteiger partial charge on any atom is 0.227 e. The first-order valence-electron chi connectivity index (χ1n) is 7.11. The molecule has 7 heteroatoms. The van der Waals surface area contributed by atoms with Crippen molar-refractivity contribution in [3.63, 3.8) is 0 Å². The van der Waals surface area contributed by atoms with Crippen molar-refractivity contribution >= 4 is 56.4 Å². The highest BCUT2D eigenvalue weighted by Gasteiger charge is 2.35. The number of hydrogen-bond donors (Lipinski definition) is 1. The first-order chi connectivity index (χ1) is 11.0. The average molecular weight is 414 g/mol. The zero-order chi connectivity index (χ0) is 16.4. The first kappa shape index (κ1) is 16.5. The van der Waals surface area contributed by atoms with Crippen molar-refractivity contribution < 1.29 is 9.59 Å². The summed E-state index contributed by atoms with van der Waals surface area (Å²) in [5, 5.41) is 3.42. The van der Waals surface area contributed by atoms with E-state index in [0.29, 0.717) is 23.8 Å². The van der Waals surface area contributed by atoms with E-state index in [9.17, 15) is 9.59 Å². The second-order valence-corrected chi connectivity index (χ2v) is 8.24. The van der Waals surface area contributed by atoms with Gasteiger partial charge in [-0.05, 0) is 40.2 Å². The molecule has 2 heterocycles. The SMILES string of the molecule is O=C(NCc1ccc(Br)s1)C1CC(=O)N(c2ccccc2Cl)C1. The fourth-order valence-corrected chi connectivity index (χ4v) is 4.21. The van der Waals surface area contributed by atoms with Crippen molar-refractivity contribution in [1.82, 2.24) is 5.32 Å². The molecule has 2 amide bonds. The number of carbonyl (C=O) groups excluding carboxylic acids is 2. The molecule has 1 atom stereocenters. The van der Waals surface area contributed by atoms with E-state index in [1.165, 1.54) is 0 Å². The fraction of sp³-hybridized carbons (Fsp3) is 0.250. The predicted molar refractivity (Wildman–Crippen MR) is 95.8 cm³/mol. The van der Waals surface area contributed by atoms with Gasteiger partial charge in [0.2, 0.25) is 11.8 Å². The number of para-hydroxylation sites is 1. The van der Waals surface area contributed by atoms with Crippen LogP contribution in [0, 0.1) is 5.92 Å². The van der Waals surface area contributed by atoms with Crippen molar-refractivity contribution in [1.29, 1.82) is 0 Å². The Hall–Kier alpha value is -1.37. The van der Waals surface area contributed by atoms with Gasteiger partial charge in [0.15, 0.2) is 0 Å². The van der Waals surface area contributed by atoms with Gasteiger partial charge in [0.25, 0.3) is 0 Å². The number of thiophene rings is 1. The zero-order valence-electron chi connectivity index (χ0n) is 12.1. The molecule has 1 aliphatic rings. The molecule has 1 unspecified atom stereocenters. The summed E-state index contributed by atoms with van der Waals surface area (Å²) >= 11 is 11.1. The minimum atomic E-state index is -0.345. The molecule has 2 aromatic rings. The first-order valence-corrected chi connectivity index (χ1v) is 9.10. The maximum absolute atomic E-state index is 12.3. The second kappa shape index (κ2) is 7.03. The minimum absolute atomic E-state index is 0.0721. The fourth-order valence-electron chi connectivity index (χ4n) is 2.55. The summed E-state index contributed by atoms with van der Waals surface area (Å²) in [6.07, 6.45) is 0.213. The lowest BCUT2D eigenvalue weighted by Crippen LogP contribution is -2.32. The van der Waals surface area contributed by atoms with Crippen LogP contribution in [-0.4, -0.2) is 18.4 Å². The lowest BCUT2D eigenvalue weighted by Gasteiger charge is -2.18. The van der Waals surface area contributed by atoms with Gasteiger partial charge in [-0.1, -0.05) is 23.7 Å². The Morgan fingerprint density at radius 3 is 2.83 bits per heavy atom. The molecule has 120 valence electrons. The van der Waals surface area contributed by atoms with Crippen LogP contribution in [0.15, 0.2) is 40.2 Å². The largest absolute Gasteiger partial charge is 0.351 e. The maximum atomic E-state index is 12.3. The van der Waals surface area contributed by atoms with Crippen molar-refractivity contribution in [3.8, 4) is 0 Å². The van der Waals surface area contributed by atoms with Crippen molar-refractivity contribution in [3.05, 3.63) is 50.1 Å². The molecule has 0 bridgehead atoms. The Labute approximate surface area is 151 Å². The van der Waals surface area contributed by atoms with Gasteiger partial charge in [0, 0.05) is 17.8 Å². The van der Waals surface area contributed by atoms with Crippen LogP contribution < -0.4 is 10.2 Å². The molecule has 0 radical (unpaired) electrons. The summed E-state index contributed by atoms with van der Waals surface area (Å²) in [7, 11) is 0. The van der Waals surface area contributed by atoms with Crippen molar-refractivity contribution in [2.75, 3.05) is 11.4 Å². The predicted octanol–water partition coefficient (Wildman–Crippen LogP) is 3.83. The highest BCUT2D eigenvalue weighted by atomic mass is 79.9. The van der Waals surface area contributed by atoms with Gasteiger partial charge >= 0.3 is 0 Å². The molecule has 0 saturated carbocycles. The van der Waals surface area contributed by atoms with Gasteiger partial charge in [-0.25, -0.2) is 0 Å². The Balaban J connectivity index is 1.63. The van der Waals surface area contributed by atoms with Crippen LogP contribution in [0.2, 0.25) is 5.02 Å². The van der Waals surface area contributed by atoms with Crippen LogP contribution in [-0.2, 0) is 16.1 Å². The van der Waals surface area contributed by atoms with Gasteiger partial charge < -0.3 is 10.2 Å². The lowest BCUT2D eigenvalue weighted by molar-refractivity contribution is -0.126. The molecule has 3 rings (SSSR count). The highest BCUT2D eigenvalue weighted by Crippen LogP contribution is 2.31. The van der Waals surface area contributed by atoms with E-state index in [4.69, 9.17) is 11.6 Å². The molecule has 23 heavy (non-hydrogen) atoms. The van der Waals surface area contributed by atoms with E-state index in [-0.39, 0.29) is 24.2 Å². The third kappa shape index (κ3) is 3.76. The van der Waals surface area contributed by atoms with Crippen molar-refractivity contribution in [2.45, 2.75) is 13.0 Å². The number of anilines is 1. The van der Waals surface area contributed by atoms with Gasteiger partial charge in [0.05, 0.1) is 27.0 Å². The molecule has 1 aliphatic heterocycles. The molecule has 1 fully saturated rings. The van der Waals surface area contributed by atoms with Crippen LogP contribution >= 0.6 is 38.9 Å². The molecule has 1 saturated heterocycles. The highest BCUT2D eigenvalue weighted by molar-refractivity contribution is 9.11. The molecular formula is C16H14BrClN2O2S. The Morgan fingerprint density at radius 1 is 1.35 bits per heavy atom. The van der Waals surface area contributed by atoms with Crippen molar-refractivity contribution in [2.24, 2.45) is 5.92 Å². The number of hydrogen-bond acceptors (Lipinski definition) is 3. The summed E-state index contributed by atoms with van der Waals surface area (Å²) in [5.41, 5.74) is 0.664. The van der Waals surface area contributed by atoms with E-state index in [2.05, 4.69) is 21.2 Å². The summed E-state index contributed by atoms with van der Waals surface area (Å²) in [6, 6.07) is 11.1. The number of carbonyl (C=O) groups is 2. The van der Waals surface area contributed by atoms with E-state index < -0.39 is 0 Å². The summed E-state index contributed by atoms with van der Waals surface area (Å²) in [5.74, 6) is -0.517. The number of nitrogens with one attached hydrogen (secondary N) is 1. The van der Waals surface area contributed by atoms with Gasteiger partial charge in [-0.3, -0.25) is 9.59 Å². The number of rotatable bonds is 4. The quantitative estimate of drug-likeness (QED) is 0.828. The third-order valence-corrected chi connectivity index (χ3v) is 5.65. The molecular weight excluding hydrogens is 400 g/mol. The molecule has 0 aliphatic carbocycles.